The van der Waals surface area contributed by atoms with Gasteiger partial charge in [-0.3, -0.25) is 14.9 Å². The zero-order valence-corrected chi connectivity index (χ0v) is 11.7. The second kappa shape index (κ2) is 6.66. The fourth-order valence-corrected chi connectivity index (χ4v) is 1.85. The summed E-state index contributed by atoms with van der Waals surface area (Å²) < 4.78 is 18.2. The maximum Gasteiger partial charge on any atom is 0.311 e. The van der Waals surface area contributed by atoms with E-state index in [-0.39, 0.29) is 29.3 Å². The van der Waals surface area contributed by atoms with Crippen LogP contribution in [0, 0.1) is 15.9 Å². The van der Waals surface area contributed by atoms with Crippen LogP contribution in [0.2, 0.25) is 0 Å². The van der Waals surface area contributed by atoms with Gasteiger partial charge in [-0.05, 0) is 37.3 Å². The van der Waals surface area contributed by atoms with E-state index in [1.165, 1.54) is 30.3 Å². The summed E-state index contributed by atoms with van der Waals surface area (Å²) in [5.74, 6) is -0.970. The Morgan fingerprint density at radius 1 is 1.32 bits per heavy atom. The number of nitro benzene ring substituents is 1. The molecule has 0 saturated carbocycles. The number of anilines is 1. The van der Waals surface area contributed by atoms with Gasteiger partial charge in [-0.25, -0.2) is 4.39 Å². The second-order valence-corrected chi connectivity index (χ2v) is 4.34. The number of rotatable bonds is 5. The molecule has 0 unspecified atom stereocenters. The minimum Gasteiger partial charge on any atom is -0.487 e. The van der Waals surface area contributed by atoms with Crippen LogP contribution in [0.3, 0.4) is 0 Å². The number of hydrogen-bond donors (Lipinski definition) is 1. The van der Waals surface area contributed by atoms with Gasteiger partial charge in [0.2, 0.25) is 0 Å². The lowest BCUT2D eigenvalue weighted by molar-refractivity contribution is -0.385. The molecule has 0 radical (unpaired) electrons. The third kappa shape index (κ3) is 3.57. The Kier molecular flexibility index (Phi) is 4.67. The van der Waals surface area contributed by atoms with Gasteiger partial charge in [-0.2, -0.15) is 0 Å². The van der Waals surface area contributed by atoms with E-state index in [0.29, 0.717) is 0 Å². The fourth-order valence-electron chi connectivity index (χ4n) is 1.85. The molecule has 0 aromatic heterocycles. The molecule has 0 aliphatic carbocycles. The van der Waals surface area contributed by atoms with Crippen LogP contribution in [0.15, 0.2) is 42.5 Å². The van der Waals surface area contributed by atoms with Crippen LogP contribution in [0.5, 0.6) is 5.75 Å². The predicted molar refractivity (Wildman–Crippen MR) is 78.6 cm³/mol. The number of nitro groups is 1. The number of nitrogens with zero attached hydrogens (tertiary/aromatic N) is 1. The molecule has 0 fully saturated rings. The molecule has 0 spiro atoms. The van der Waals surface area contributed by atoms with Crippen molar-refractivity contribution in [1.82, 2.24) is 0 Å². The van der Waals surface area contributed by atoms with E-state index < -0.39 is 16.6 Å². The Balaban J connectivity index is 2.26. The highest BCUT2D eigenvalue weighted by Crippen LogP contribution is 2.28. The van der Waals surface area contributed by atoms with E-state index >= 15 is 0 Å². The van der Waals surface area contributed by atoms with Crippen molar-refractivity contribution >= 4 is 17.3 Å². The van der Waals surface area contributed by atoms with Gasteiger partial charge < -0.3 is 10.1 Å². The normalized spacial score (nSPS) is 10.1. The van der Waals surface area contributed by atoms with Crippen molar-refractivity contribution in [2.75, 3.05) is 11.9 Å². The van der Waals surface area contributed by atoms with Gasteiger partial charge >= 0.3 is 5.69 Å². The van der Waals surface area contributed by atoms with Crippen molar-refractivity contribution in [2.45, 2.75) is 6.92 Å². The van der Waals surface area contributed by atoms with Crippen molar-refractivity contribution in [3.8, 4) is 5.75 Å². The number of carbonyl (C=O) groups is 1. The van der Waals surface area contributed by atoms with Crippen LogP contribution < -0.4 is 10.1 Å². The molecule has 114 valence electrons. The molecular weight excluding hydrogens is 291 g/mol. The molecule has 2 aromatic carbocycles. The molecule has 1 N–H and O–H groups in total. The molecule has 0 saturated heterocycles. The number of halogens is 1. The van der Waals surface area contributed by atoms with Gasteiger partial charge in [-0.15, -0.1) is 0 Å². The Labute approximate surface area is 125 Å². The monoisotopic (exact) mass is 304 g/mol. The summed E-state index contributed by atoms with van der Waals surface area (Å²) in [5.41, 5.74) is 0.0506. The fraction of sp³-hybridized carbons (Fsp3) is 0.133. The third-order valence-corrected chi connectivity index (χ3v) is 2.80. The maximum atomic E-state index is 13.1. The van der Waals surface area contributed by atoms with Gasteiger partial charge in [0, 0.05) is 17.3 Å². The average Bonchev–Trinajstić information content (AvgIpc) is 2.47. The van der Waals surface area contributed by atoms with E-state index in [1.54, 1.807) is 6.92 Å². The lowest BCUT2D eigenvalue weighted by Gasteiger charge is -2.08. The van der Waals surface area contributed by atoms with E-state index in [4.69, 9.17) is 4.74 Å². The molecular formula is C15H13FN2O4. The Hall–Kier alpha value is -2.96. The SMILES string of the molecule is CCOc1ccc(C(=O)Nc2cccc(F)c2)cc1[N+](=O)[O-]. The van der Waals surface area contributed by atoms with Crippen LogP contribution in [-0.4, -0.2) is 17.4 Å². The molecule has 0 heterocycles. The van der Waals surface area contributed by atoms with Crippen molar-refractivity contribution < 1.29 is 18.8 Å². The number of benzene rings is 2. The molecule has 0 bridgehead atoms. The number of carbonyl (C=O) groups excluding carboxylic acids is 1. The van der Waals surface area contributed by atoms with E-state index in [2.05, 4.69) is 5.32 Å². The number of nitrogens with one attached hydrogen (secondary N) is 1. The first-order valence-corrected chi connectivity index (χ1v) is 6.49. The standard InChI is InChI=1S/C15H13FN2O4/c1-2-22-14-7-6-10(8-13(14)18(20)21)15(19)17-12-5-3-4-11(16)9-12/h3-9H,2H2,1H3,(H,17,19). The summed E-state index contributed by atoms with van der Waals surface area (Å²) in [6.45, 7) is 1.98. The van der Waals surface area contributed by atoms with E-state index in [1.807, 2.05) is 0 Å². The predicted octanol–water partition coefficient (Wildman–Crippen LogP) is 3.38. The van der Waals surface area contributed by atoms with Crippen LogP contribution in [-0.2, 0) is 0 Å². The third-order valence-electron chi connectivity index (χ3n) is 2.80. The van der Waals surface area contributed by atoms with Crippen LogP contribution in [0.1, 0.15) is 17.3 Å². The lowest BCUT2D eigenvalue weighted by atomic mass is 10.1. The summed E-state index contributed by atoms with van der Waals surface area (Å²) in [5, 5.41) is 13.5. The minimum absolute atomic E-state index is 0.0828. The molecule has 0 aliphatic rings. The zero-order valence-electron chi connectivity index (χ0n) is 11.7. The van der Waals surface area contributed by atoms with E-state index in [0.717, 1.165) is 12.1 Å². The summed E-state index contributed by atoms with van der Waals surface area (Å²) in [7, 11) is 0. The summed E-state index contributed by atoms with van der Waals surface area (Å²) in [6.07, 6.45) is 0. The molecule has 22 heavy (non-hydrogen) atoms. The largest absolute Gasteiger partial charge is 0.487 e. The van der Waals surface area contributed by atoms with Gasteiger partial charge in [0.25, 0.3) is 5.91 Å². The molecule has 1 amide bonds. The molecule has 2 rings (SSSR count). The maximum absolute atomic E-state index is 13.1. The van der Waals surface area contributed by atoms with Crippen LogP contribution >= 0.6 is 0 Å². The van der Waals surface area contributed by atoms with Gasteiger partial charge in [0.05, 0.1) is 11.5 Å². The lowest BCUT2D eigenvalue weighted by Crippen LogP contribution is -2.12. The molecule has 6 nitrogen and oxygen atoms in total. The van der Waals surface area contributed by atoms with Crippen molar-refractivity contribution in [3.05, 3.63) is 64.0 Å². The number of ether oxygens (including phenoxy) is 1. The number of amides is 1. The first-order valence-electron chi connectivity index (χ1n) is 6.49. The average molecular weight is 304 g/mol. The zero-order chi connectivity index (χ0) is 16.1. The van der Waals surface area contributed by atoms with Crippen LogP contribution in [0.25, 0.3) is 0 Å². The Morgan fingerprint density at radius 2 is 2.09 bits per heavy atom. The van der Waals surface area contributed by atoms with E-state index in [9.17, 15) is 19.3 Å². The highest BCUT2D eigenvalue weighted by molar-refractivity contribution is 6.04. The van der Waals surface area contributed by atoms with Gasteiger partial charge in [0.1, 0.15) is 5.82 Å². The Bertz CT molecular complexity index is 718. The van der Waals surface area contributed by atoms with Crippen molar-refractivity contribution in [1.29, 1.82) is 0 Å². The highest BCUT2D eigenvalue weighted by Gasteiger charge is 2.18. The van der Waals surface area contributed by atoms with Gasteiger partial charge in [-0.1, -0.05) is 6.07 Å². The summed E-state index contributed by atoms with van der Waals surface area (Å²) in [4.78, 5) is 22.5. The smallest absolute Gasteiger partial charge is 0.311 e. The number of hydrogen-bond acceptors (Lipinski definition) is 4. The second-order valence-electron chi connectivity index (χ2n) is 4.34. The van der Waals surface area contributed by atoms with Crippen molar-refractivity contribution in [3.63, 3.8) is 0 Å². The van der Waals surface area contributed by atoms with Crippen molar-refractivity contribution in [2.24, 2.45) is 0 Å². The quantitative estimate of drug-likeness (QED) is 0.678. The first kappa shape index (κ1) is 15.4. The molecule has 2 aromatic rings. The minimum atomic E-state index is -0.621. The summed E-state index contributed by atoms with van der Waals surface area (Å²) >= 11 is 0. The summed E-state index contributed by atoms with van der Waals surface area (Å²) in [6, 6.07) is 9.27. The highest BCUT2D eigenvalue weighted by atomic mass is 19.1. The van der Waals surface area contributed by atoms with Crippen LogP contribution in [0.4, 0.5) is 15.8 Å². The first-order chi connectivity index (χ1) is 10.5. The topological polar surface area (TPSA) is 81.5 Å². The molecule has 7 heteroatoms. The molecule has 0 atom stereocenters. The molecule has 0 aliphatic heterocycles. The van der Waals surface area contributed by atoms with Gasteiger partial charge in [0.15, 0.2) is 5.75 Å². The Morgan fingerprint density at radius 3 is 2.73 bits per heavy atom.